The number of benzene rings is 1. The fraction of sp³-hybridized carbons (Fsp3) is 0.550. The molecular formula is C20H22N4O3. The molecule has 1 heterocycles. The lowest BCUT2D eigenvalue weighted by molar-refractivity contribution is -0.384. The zero-order valence-corrected chi connectivity index (χ0v) is 15.1. The minimum absolute atomic E-state index is 0.00786. The van der Waals surface area contributed by atoms with Crippen molar-refractivity contribution in [1.29, 1.82) is 0 Å². The Morgan fingerprint density at radius 2 is 1.85 bits per heavy atom. The highest BCUT2D eigenvalue weighted by molar-refractivity contribution is 5.85. The summed E-state index contributed by atoms with van der Waals surface area (Å²) >= 11 is 0. The van der Waals surface area contributed by atoms with Gasteiger partial charge in [0.05, 0.1) is 4.92 Å². The van der Waals surface area contributed by atoms with Gasteiger partial charge in [-0.2, -0.15) is 5.10 Å². The number of nitro groups is 1. The highest BCUT2D eigenvalue weighted by atomic mass is 16.6. The van der Waals surface area contributed by atoms with Gasteiger partial charge in [0, 0.05) is 23.1 Å². The van der Waals surface area contributed by atoms with Gasteiger partial charge in [0.2, 0.25) is 0 Å². The number of carbonyl (C=O) groups excluding carboxylic acids is 1. The standard InChI is InChI=1S/C20H22N4O3/c25-18(20-8-13-4-14(9-20)6-15(5-13)10-20)11-23-12-21-19(22-23)16-2-1-3-17(7-16)24(26)27/h1-3,7,12-15H,4-6,8-11H2. The summed E-state index contributed by atoms with van der Waals surface area (Å²) in [6.45, 7) is 0.244. The van der Waals surface area contributed by atoms with Crippen molar-refractivity contribution in [2.75, 3.05) is 0 Å². The molecule has 7 nitrogen and oxygen atoms in total. The van der Waals surface area contributed by atoms with E-state index in [-0.39, 0.29) is 23.4 Å². The van der Waals surface area contributed by atoms with Crippen LogP contribution in [0.2, 0.25) is 0 Å². The molecule has 1 aromatic heterocycles. The van der Waals surface area contributed by atoms with Crippen LogP contribution < -0.4 is 0 Å². The summed E-state index contributed by atoms with van der Waals surface area (Å²) in [7, 11) is 0. The van der Waals surface area contributed by atoms with Gasteiger partial charge in [-0.1, -0.05) is 12.1 Å². The zero-order valence-electron chi connectivity index (χ0n) is 15.1. The van der Waals surface area contributed by atoms with Gasteiger partial charge in [0.1, 0.15) is 12.9 Å². The van der Waals surface area contributed by atoms with Gasteiger partial charge >= 0.3 is 0 Å². The fourth-order valence-corrected chi connectivity index (χ4v) is 6.03. The van der Waals surface area contributed by atoms with E-state index >= 15 is 0 Å². The van der Waals surface area contributed by atoms with Crippen LogP contribution in [0.1, 0.15) is 38.5 Å². The molecule has 0 spiro atoms. The average molecular weight is 366 g/mol. The third-order valence-electron chi connectivity index (χ3n) is 6.79. The van der Waals surface area contributed by atoms with E-state index in [1.54, 1.807) is 23.1 Å². The van der Waals surface area contributed by atoms with E-state index in [4.69, 9.17) is 0 Å². The summed E-state index contributed by atoms with van der Waals surface area (Å²) in [5.41, 5.74) is 0.450. The SMILES string of the molecule is O=C(Cn1cnc(-c2cccc([N+](=O)[O-])c2)n1)C12CC3CC(CC(C3)C1)C2. The van der Waals surface area contributed by atoms with Gasteiger partial charge in [-0.3, -0.25) is 14.9 Å². The average Bonchev–Trinajstić information content (AvgIpc) is 3.09. The van der Waals surface area contributed by atoms with Crippen LogP contribution in [0.3, 0.4) is 0 Å². The Hall–Kier alpha value is -2.57. The number of hydrogen-bond acceptors (Lipinski definition) is 5. The molecule has 4 saturated carbocycles. The van der Waals surface area contributed by atoms with Crippen LogP contribution in [-0.4, -0.2) is 25.5 Å². The molecule has 27 heavy (non-hydrogen) atoms. The summed E-state index contributed by atoms with van der Waals surface area (Å²) in [6.07, 6.45) is 8.64. The van der Waals surface area contributed by atoms with E-state index in [1.165, 1.54) is 31.4 Å². The summed E-state index contributed by atoms with van der Waals surface area (Å²) < 4.78 is 1.59. The van der Waals surface area contributed by atoms with E-state index in [2.05, 4.69) is 10.1 Å². The summed E-state index contributed by atoms with van der Waals surface area (Å²) in [6, 6.07) is 6.26. The third-order valence-corrected chi connectivity index (χ3v) is 6.79. The molecule has 0 radical (unpaired) electrons. The maximum Gasteiger partial charge on any atom is 0.270 e. The van der Waals surface area contributed by atoms with E-state index in [9.17, 15) is 14.9 Å². The molecule has 7 heteroatoms. The number of Topliss-reactive ketones (excluding diaryl/α,β-unsaturated/α-hetero) is 1. The van der Waals surface area contributed by atoms with Crippen LogP contribution in [0.15, 0.2) is 30.6 Å². The van der Waals surface area contributed by atoms with Crippen molar-refractivity contribution in [2.45, 2.75) is 45.1 Å². The number of carbonyl (C=O) groups is 1. The number of non-ortho nitro benzene ring substituents is 1. The van der Waals surface area contributed by atoms with Crippen molar-refractivity contribution in [1.82, 2.24) is 14.8 Å². The van der Waals surface area contributed by atoms with Crippen molar-refractivity contribution in [3.63, 3.8) is 0 Å². The van der Waals surface area contributed by atoms with Crippen LogP contribution in [0, 0.1) is 33.3 Å². The second kappa shape index (κ2) is 5.97. The monoisotopic (exact) mass is 366 g/mol. The number of aromatic nitrogens is 3. The minimum atomic E-state index is -0.433. The Balaban J connectivity index is 1.34. The quantitative estimate of drug-likeness (QED) is 0.595. The van der Waals surface area contributed by atoms with E-state index in [1.807, 2.05) is 0 Å². The Kier molecular flexibility index (Phi) is 3.67. The number of ketones is 1. The zero-order chi connectivity index (χ0) is 18.6. The molecule has 0 atom stereocenters. The molecule has 2 aromatic rings. The Morgan fingerprint density at radius 3 is 2.48 bits per heavy atom. The number of hydrogen-bond donors (Lipinski definition) is 0. The molecule has 0 aliphatic heterocycles. The molecule has 0 unspecified atom stereocenters. The molecule has 0 N–H and O–H groups in total. The van der Waals surface area contributed by atoms with Gasteiger partial charge in [-0.05, 0) is 56.3 Å². The topological polar surface area (TPSA) is 90.9 Å². The summed E-state index contributed by atoms with van der Waals surface area (Å²) in [4.78, 5) is 28.0. The maximum absolute atomic E-state index is 13.2. The number of rotatable bonds is 5. The van der Waals surface area contributed by atoms with Crippen molar-refractivity contribution in [2.24, 2.45) is 23.2 Å². The first-order chi connectivity index (χ1) is 13.0. The van der Waals surface area contributed by atoms with Crippen LogP contribution in [-0.2, 0) is 11.3 Å². The van der Waals surface area contributed by atoms with Crippen molar-refractivity contribution < 1.29 is 9.72 Å². The largest absolute Gasteiger partial charge is 0.297 e. The smallest absolute Gasteiger partial charge is 0.270 e. The van der Waals surface area contributed by atoms with Crippen LogP contribution in [0.5, 0.6) is 0 Å². The van der Waals surface area contributed by atoms with Gasteiger partial charge in [0.25, 0.3) is 5.69 Å². The maximum atomic E-state index is 13.2. The van der Waals surface area contributed by atoms with Crippen molar-refractivity contribution in [3.8, 4) is 11.4 Å². The minimum Gasteiger partial charge on any atom is -0.297 e. The van der Waals surface area contributed by atoms with Crippen molar-refractivity contribution >= 4 is 11.5 Å². The summed E-state index contributed by atoms with van der Waals surface area (Å²) in [5.74, 6) is 2.90. The van der Waals surface area contributed by atoms with Crippen LogP contribution in [0.4, 0.5) is 5.69 Å². The molecule has 4 fully saturated rings. The van der Waals surface area contributed by atoms with E-state index in [0.717, 1.165) is 37.0 Å². The Bertz CT molecular complexity index is 884. The van der Waals surface area contributed by atoms with Gasteiger partial charge in [-0.25, -0.2) is 9.67 Å². The van der Waals surface area contributed by atoms with E-state index < -0.39 is 4.92 Å². The summed E-state index contributed by atoms with van der Waals surface area (Å²) in [5, 5.41) is 15.4. The number of nitro benzene ring substituents is 1. The second-order valence-electron chi connectivity index (χ2n) is 8.69. The lowest BCUT2D eigenvalue weighted by atomic mass is 9.48. The predicted octanol–water partition coefficient (Wildman–Crippen LogP) is 3.64. The Labute approximate surface area is 156 Å². The van der Waals surface area contributed by atoms with Crippen molar-refractivity contribution in [3.05, 3.63) is 40.7 Å². The molecule has 0 amide bonds. The van der Waals surface area contributed by atoms with Gasteiger partial charge < -0.3 is 0 Å². The van der Waals surface area contributed by atoms with Crippen LogP contribution in [0.25, 0.3) is 11.4 Å². The first-order valence-corrected chi connectivity index (χ1v) is 9.68. The third kappa shape index (κ3) is 2.85. The van der Waals surface area contributed by atoms with Gasteiger partial charge in [-0.15, -0.1) is 0 Å². The first kappa shape index (κ1) is 16.6. The normalized spacial score (nSPS) is 31.2. The predicted molar refractivity (Wildman–Crippen MR) is 97.7 cm³/mol. The second-order valence-corrected chi connectivity index (χ2v) is 8.69. The molecule has 1 aromatic carbocycles. The number of nitrogens with zero attached hydrogens (tertiary/aromatic N) is 4. The lowest BCUT2D eigenvalue weighted by Gasteiger charge is -2.55. The molecule has 4 bridgehead atoms. The van der Waals surface area contributed by atoms with E-state index in [0.29, 0.717) is 11.4 Å². The highest BCUT2D eigenvalue weighted by Crippen LogP contribution is 2.60. The lowest BCUT2D eigenvalue weighted by Crippen LogP contribution is -2.50. The van der Waals surface area contributed by atoms with Crippen LogP contribution >= 0.6 is 0 Å². The Morgan fingerprint density at radius 1 is 1.19 bits per heavy atom. The molecular weight excluding hydrogens is 344 g/mol. The van der Waals surface area contributed by atoms with Gasteiger partial charge in [0.15, 0.2) is 11.6 Å². The highest BCUT2D eigenvalue weighted by Gasteiger charge is 2.54. The molecule has 4 aliphatic rings. The molecule has 6 rings (SSSR count). The molecule has 4 aliphatic carbocycles. The fourth-order valence-electron chi connectivity index (χ4n) is 6.03. The first-order valence-electron chi connectivity index (χ1n) is 9.68. The molecule has 140 valence electrons. The molecule has 0 saturated heterocycles.